The fourth-order valence-corrected chi connectivity index (χ4v) is 3.37. The van der Waals surface area contributed by atoms with E-state index in [0.29, 0.717) is 0 Å². The largest absolute Gasteiger partial charge is 0.454 e. The smallest absolute Gasteiger partial charge is 0.156 e. The SMILES string of the molecule is Cc1cc(C(C)NSC(C)(C)C)c2oc3c(C)ccnc3c2c1. The monoisotopic (exact) mass is 328 g/mol. The summed E-state index contributed by atoms with van der Waals surface area (Å²) < 4.78 is 9.93. The molecule has 3 aromatic rings. The molecule has 0 bridgehead atoms. The zero-order valence-corrected chi connectivity index (χ0v) is 15.5. The molecule has 0 aliphatic rings. The molecule has 4 heteroatoms. The van der Waals surface area contributed by atoms with Crippen LogP contribution in [0.1, 0.15) is 50.4 Å². The Morgan fingerprint density at radius 2 is 1.91 bits per heavy atom. The van der Waals surface area contributed by atoms with Gasteiger partial charge in [0.05, 0.1) is 0 Å². The molecule has 23 heavy (non-hydrogen) atoms. The standard InChI is InChI=1S/C19H24N2OS/c1-11-9-14(13(3)21-23-19(4,5)6)18-15(10-11)16-17(22-18)12(2)7-8-20-16/h7-10,13,21H,1-6H3. The Balaban J connectivity index is 2.13. The number of pyridine rings is 1. The Kier molecular flexibility index (Phi) is 4.15. The summed E-state index contributed by atoms with van der Waals surface area (Å²) in [6.45, 7) is 13.0. The maximum absolute atomic E-state index is 6.21. The predicted molar refractivity (Wildman–Crippen MR) is 99.9 cm³/mol. The summed E-state index contributed by atoms with van der Waals surface area (Å²) in [4.78, 5) is 4.54. The third-order valence-electron chi connectivity index (χ3n) is 3.83. The van der Waals surface area contributed by atoms with Crippen molar-refractivity contribution in [2.45, 2.75) is 52.3 Å². The van der Waals surface area contributed by atoms with Gasteiger partial charge in [-0.1, -0.05) is 18.0 Å². The summed E-state index contributed by atoms with van der Waals surface area (Å²) in [5.41, 5.74) is 6.34. The molecule has 0 radical (unpaired) electrons. The van der Waals surface area contributed by atoms with E-state index in [1.807, 2.05) is 12.3 Å². The van der Waals surface area contributed by atoms with Gasteiger partial charge < -0.3 is 4.42 Å². The van der Waals surface area contributed by atoms with E-state index in [-0.39, 0.29) is 10.8 Å². The van der Waals surface area contributed by atoms with Crippen LogP contribution >= 0.6 is 11.9 Å². The van der Waals surface area contributed by atoms with Gasteiger partial charge >= 0.3 is 0 Å². The van der Waals surface area contributed by atoms with E-state index in [9.17, 15) is 0 Å². The Morgan fingerprint density at radius 3 is 2.61 bits per heavy atom. The van der Waals surface area contributed by atoms with Crippen LogP contribution in [-0.4, -0.2) is 9.73 Å². The van der Waals surface area contributed by atoms with Crippen molar-refractivity contribution < 1.29 is 4.42 Å². The number of hydrogen-bond donors (Lipinski definition) is 1. The number of nitrogens with one attached hydrogen (secondary N) is 1. The molecule has 0 aliphatic heterocycles. The van der Waals surface area contributed by atoms with E-state index in [1.165, 1.54) is 11.1 Å². The van der Waals surface area contributed by atoms with Crippen LogP contribution in [0.3, 0.4) is 0 Å². The molecular formula is C19H24N2OS. The molecule has 2 heterocycles. The van der Waals surface area contributed by atoms with Crippen LogP contribution in [0.5, 0.6) is 0 Å². The quantitative estimate of drug-likeness (QED) is 0.626. The third-order valence-corrected chi connectivity index (χ3v) is 4.91. The lowest BCUT2D eigenvalue weighted by Gasteiger charge is -2.22. The Hall–Kier alpha value is -1.52. The highest BCUT2D eigenvalue weighted by Gasteiger charge is 2.19. The van der Waals surface area contributed by atoms with Crippen molar-refractivity contribution in [3.8, 4) is 0 Å². The summed E-state index contributed by atoms with van der Waals surface area (Å²) in [6, 6.07) is 6.57. The number of aryl methyl sites for hydroxylation is 2. The Bertz CT molecular complexity index is 861. The van der Waals surface area contributed by atoms with Crippen LogP contribution in [0.25, 0.3) is 22.1 Å². The first-order valence-electron chi connectivity index (χ1n) is 7.98. The van der Waals surface area contributed by atoms with Gasteiger partial charge in [-0.3, -0.25) is 9.71 Å². The first kappa shape index (κ1) is 16.3. The second kappa shape index (κ2) is 5.84. The summed E-state index contributed by atoms with van der Waals surface area (Å²) in [5, 5.41) is 1.10. The van der Waals surface area contributed by atoms with Gasteiger partial charge in [0.1, 0.15) is 11.1 Å². The molecule has 0 spiro atoms. The van der Waals surface area contributed by atoms with Gasteiger partial charge in [0.25, 0.3) is 0 Å². The number of nitrogens with zero attached hydrogens (tertiary/aromatic N) is 1. The van der Waals surface area contributed by atoms with E-state index in [4.69, 9.17) is 4.42 Å². The molecule has 0 saturated heterocycles. The highest BCUT2D eigenvalue weighted by atomic mass is 32.2. The third kappa shape index (κ3) is 3.24. The van der Waals surface area contributed by atoms with Crippen molar-refractivity contribution in [1.82, 2.24) is 9.71 Å². The average molecular weight is 328 g/mol. The molecule has 1 unspecified atom stereocenters. The minimum atomic E-state index is 0.170. The van der Waals surface area contributed by atoms with Gasteiger partial charge in [0, 0.05) is 27.9 Å². The van der Waals surface area contributed by atoms with Crippen molar-refractivity contribution in [1.29, 1.82) is 0 Å². The van der Waals surface area contributed by atoms with Crippen LogP contribution in [0, 0.1) is 13.8 Å². The number of hydrogen-bond acceptors (Lipinski definition) is 4. The van der Waals surface area contributed by atoms with Crippen LogP contribution in [0.4, 0.5) is 0 Å². The van der Waals surface area contributed by atoms with Crippen molar-refractivity contribution in [2.24, 2.45) is 0 Å². The van der Waals surface area contributed by atoms with E-state index >= 15 is 0 Å². The first-order chi connectivity index (χ1) is 10.8. The second-order valence-corrected chi connectivity index (χ2v) is 8.86. The zero-order chi connectivity index (χ0) is 16.8. The lowest BCUT2D eigenvalue weighted by atomic mass is 10.0. The molecule has 1 aromatic carbocycles. The summed E-state index contributed by atoms with van der Waals surface area (Å²) in [6.07, 6.45) is 1.85. The number of benzene rings is 1. The number of fused-ring (bicyclic) bond motifs is 3. The van der Waals surface area contributed by atoms with E-state index in [0.717, 1.165) is 27.6 Å². The van der Waals surface area contributed by atoms with E-state index in [2.05, 4.69) is 63.4 Å². The summed E-state index contributed by atoms with van der Waals surface area (Å²) >= 11 is 1.75. The summed E-state index contributed by atoms with van der Waals surface area (Å²) in [7, 11) is 0. The average Bonchev–Trinajstić information content (AvgIpc) is 2.83. The molecule has 0 amide bonds. The lowest BCUT2D eigenvalue weighted by molar-refractivity contribution is 0.642. The Morgan fingerprint density at radius 1 is 1.17 bits per heavy atom. The van der Waals surface area contributed by atoms with Crippen molar-refractivity contribution in [3.05, 3.63) is 41.1 Å². The molecule has 122 valence electrons. The maximum Gasteiger partial charge on any atom is 0.156 e. The fourth-order valence-electron chi connectivity index (χ4n) is 2.71. The minimum Gasteiger partial charge on any atom is -0.454 e. The molecule has 3 rings (SSSR count). The number of rotatable bonds is 3. The van der Waals surface area contributed by atoms with Gasteiger partial charge in [-0.15, -0.1) is 0 Å². The molecule has 2 aromatic heterocycles. The highest BCUT2D eigenvalue weighted by Crippen LogP contribution is 2.35. The number of aromatic nitrogens is 1. The van der Waals surface area contributed by atoms with Gasteiger partial charge in [0.15, 0.2) is 5.58 Å². The lowest BCUT2D eigenvalue weighted by Crippen LogP contribution is -2.20. The van der Waals surface area contributed by atoms with Crippen molar-refractivity contribution in [2.75, 3.05) is 0 Å². The van der Waals surface area contributed by atoms with Crippen LogP contribution < -0.4 is 4.72 Å². The van der Waals surface area contributed by atoms with Gasteiger partial charge in [-0.2, -0.15) is 0 Å². The molecule has 0 saturated carbocycles. The van der Waals surface area contributed by atoms with Crippen molar-refractivity contribution >= 4 is 34.0 Å². The second-order valence-electron chi connectivity index (χ2n) is 7.19. The van der Waals surface area contributed by atoms with Crippen LogP contribution in [0.15, 0.2) is 28.8 Å². The van der Waals surface area contributed by atoms with Gasteiger partial charge in [-0.05, 0) is 64.8 Å². The molecule has 3 nitrogen and oxygen atoms in total. The highest BCUT2D eigenvalue weighted by molar-refractivity contribution is 7.98. The minimum absolute atomic E-state index is 0.170. The zero-order valence-electron chi connectivity index (χ0n) is 14.7. The molecule has 1 atom stereocenters. The molecule has 1 N–H and O–H groups in total. The first-order valence-corrected chi connectivity index (χ1v) is 8.80. The van der Waals surface area contributed by atoms with Crippen LogP contribution in [-0.2, 0) is 0 Å². The van der Waals surface area contributed by atoms with Crippen LogP contribution in [0.2, 0.25) is 0 Å². The summed E-state index contributed by atoms with van der Waals surface area (Å²) in [5.74, 6) is 0. The van der Waals surface area contributed by atoms with Gasteiger partial charge in [-0.25, -0.2) is 0 Å². The fraction of sp³-hybridized carbons (Fsp3) is 0.421. The maximum atomic E-state index is 6.21. The van der Waals surface area contributed by atoms with E-state index < -0.39 is 0 Å². The van der Waals surface area contributed by atoms with Gasteiger partial charge in [0.2, 0.25) is 0 Å². The molecule has 0 aliphatic carbocycles. The predicted octanol–water partition coefficient (Wildman–Crippen LogP) is 5.70. The topological polar surface area (TPSA) is 38.1 Å². The molecule has 0 fully saturated rings. The van der Waals surface area contributed by atoms with E-state index in [1.54, 1.807) is 11.9 Å². The molecular weight excluding hydrogens is 304 g/mol. The normalized spacial score (nSPS) is 13.8. The Labute approximate surface area is 142 Å². The van der Waals surface area contributed by atoms with Crippen molar-refractivity contribution in [3.63, 3.8) is 0 Å². The number of furan rings is 1.